The highest BCUT2D eigenvalue weighted by Gasteiger charge is 2.22. The molecule has 1 heterocycles. The van der Waals surface area contributed by atoms with Crippen LogP contribution in [0.1, 0.15) is 12.8 Å². The molecule has 2 heteroatoms. The first kappa shape index (κ1) is 8.02. The Morgan fingerprint density at radius 2 is 2.50 bits per heavy atom. The van der Waals surface area contributed by atoms with E-state index in [2.05, 4.69) is 18.2 Å². The van der Waals surface area contributed by atoms with Gasteiger partial charge in [-0.3, -0.25) is 0 Å². The van der Waals surface area contributed by atoms with Crippen molar-refractivity contribution < 1.29 is 9.47 Å². The average molecular weight is 166 g/mol. The zero-order valence-corrected chi connectivity index (χ0v) is 7.16. The molecule has 0 bridgehead atoms. The Labute approximate surface area is 72.9 Å². The summed E-state index contributed by atoms with van der Waals surface area (Å²) in [5.41, 5.74) is 1.40. The maximum absolute atomic E-state index is 5.47. The molecule has 0 N–H and O–H groups in total. The van der Waals surface area contributed by atoms with Gasteiger partial charge in [-0.05, 0) is 18.4 Å². The Morgan fingerprint density at radius 1 is 1.58 bits per heavy atom. The van der Waals surface area contributed by atoms with Crippen LogP contribution in [0.4, 0.5) is 0 Å². The Kier molecular flexibility index (Phi) is 2.59. The van der Waals surface area contributed by atoms with E-state index in [4.69, 9.17) is 9.47 Å². The van der Waals surface area contributed by atoms with Crippen molar-refractivity contribution in [3.63, 3.8) is 0 Å². The number of allylic oxidation sites excluding steroid dienone is 3. The van der Waals surface area contributed by atoms with E-state index in [1.54, 1.807) is 0 Å². The van der Waals surface area contributed by atoms with Crippen molar-refractivity contribution in [1.29, 1.82) is 0 Å². The van der Waals surface area contributed by atoms with Crippen LogP contribution in [0.2, 0.25) is 0 Å². The quantitative estimate of drug-likeness (QED) is 0.593. The van der Waals surface area contributed by atoms with Crippen LogP contribution in [-0.2, 0) is 9.47 Å². The van der Waals surface area contributed by atoms with E-state index in [1.165, 1.54) is 5.57 Å². The summed E-state index contributed by atoms with van der Waals surface area (Å²) in [5, 5.41) is 0. The summed E-state index contributed by atoms with van der Waals surface area (Å²) in [5.74, 6) is 0. The van der Waals surface area contributed by atoms with Gasteiger partial charge in [0.25, 0.3) is 0 Å². The van der Waals surface area contributed by atoms with Gasteiger partial charge in [-0.1, -0.05) is 18.2 Å². The van der Waals surface area contributed by atoms with Crippen molar-refractivity contribution in [3.05, 3.63) is 23.8 Å². The van der Waals surface area contributed by atoms with Crippen molar-refractivity contribution in [3.8, 4) is 0 Å². The van der Waals surface area contributed by atoms with Crippen molar-refractivity contribution in [2.75, 3.05) is 19.8 Å². The van der Waals surface area contributed by atoms with Crippen molar-refractivity contribution in [1.82, 2.24) is 0 Å². The molecular weight excluding hydrogens is 152 g/mol. The first-order valence-corrected chi connectivity index (χ1v) is 4.49. The predicted molar refractivity (Wildman–Crippen MR) is 47.0 cm³/mol. The second kappa shape index (κ2) is 3.87. The fourth-order valence-electron chi connectivity index (χ4n) is 1.26. The maximum Gasteiger partial charge on any atom is 0.104 e. The molecule has 1 saturated heterocycles. The molecule has 2 aliphatic rings. The molecule has 0 amide bonds. The van der Waals surface area contributed by atoms with Gasteiger partial charge in [-0.15, -0.1) is 0 Å². The number of ether oxygens (including phenoxy) is 2. The smallest absolute Gasteiger partial charge is 0.104 e. The minimum atomic E-state index is 0.393. The Bertz CT molecular complexity index is 202. The summed E-state index contributed by atoms with van der Waals surface area (Å²) in [4.78, 5) is 0. The third-order valence-electron chi connectivity index (χ3n) is 2.09. The lowest BCUT2D eigenvalue weighted by Gasteiger charge is -2.08. The molecule has 0 aromatic rings. The first-order chi connectivity index (χ1) is 5.95. The van der Waals surface area contributed by atoms with Gasteiger partial charge in [0.15, 0.2) is 0 Å². The van der Waals surface area contributed by atoms with Crippen LogP contribution < -0.4 is 0 Å². The van der Waals surface area contributed by atoms with Crippen LogP contribution in [0.15, 0.2) is 23.8 Å². The molecule has 2 rings (SSSR count). The number of hydrogen-bond acceptors (Lipinski definition) is 2. The summed E-state index contributed by atoms with van der Waals surface area (Å²) in [6, 6.07) is 0. The van der Waals surface area contributed by atoms with Gasteiger partial charge in [-0.2, -0.15) is 0 Å². The molecule has 1 aliphatic carbocycles. The molecule has 12 heavy (non-hydrogen) atoms. The Balaban J connectivity index is 1.64. The summed E-state index contributed by atoms with van der Waals surface area (Å²) in [6.45, 7) is 2.43. The number of rotatable bonds is 4. The fraction of sp³-hybridized carbons (Fsp3) is 0.600. The largest absolute Gasteiger partial charge is 0.374 e. The molecule has 1 atom stereocenters. The lowest BCUT2D eigenvalue weighted by molar-refractivity contribution is 0.134. The average Bonchev–Trinajstić information content (AvgIpc) is 2.90. The monoisotopic (exact) mass is 166 g/mol. The summed E-state index contributed by atoms with van der Waals surface area (Å²) in [7, 11) is 0. The highest BCUT2D eigenvalue weighted by molar-refractivity contribution is 5.17. The van der Waals surface area contributed by atoms with Gasteiger partial charge in [0.1, 0.15) is 6.10 Å². The van der Waals surface area contributed by atoms with E-state index in [-0.39, 0.29) is 0 Å². The van der Waals surface area contributed by atoms with E-state index < -0.39 is 0 Å². The zero-order valence-electron chi connectivity index (χ0n) is 7.16. The number of epoxide rings is 1. The first-order valence-electron chi connectivity index (χ1n) is 4.49. The number of hydrogen-bond donors (Lipinski definition) is 0. The van der Waals surface area contributed by atoms with Crippen LogP contribution in [0.25, 0.3) is 0 Å². The van der Waals surface area contributed by atoms with Crippen molar-refractivity contribution in [2.45, 2.75) is 18.9 Å². The molecule has 2 nitrogen and oxygen atoms in total. The van der Waals surface area contributed by atoms with Gasteiger partial charge < -0.3 is 9.47 Å². The second-order valence-electron chi connectivity index (χ2n) is 3.26. The normalized spacial score (nSPS) is 27.0. The highest BCUT2D eigenvalue weighted by atomic mass is 16.6. The van der Waals surface area contributed by atoms with Crippen LogP contribution in [0.3, 0.4) is 0 Å². The molecule has 1 aliphatic heterocycles. The van der Waals surface area contributed by atoms with E-state index in [0.717, 1.165) is 32.7 Å². The highest BCUT2D eigenvalue weighted by Crippen LogP contribution is 2.13. The zero-order chi connectivity index (χ0) is 8.23. The maximum atomic E-state index is 5.47. The molecule has 0 spiro atoms. The van der Waals surface area contributed by atoms with Crippen LogP contribution >= 0.6 is 0 Å². The summed E-state index contributed by atoms with van der Waals surface area (Å²) >= 11 is 0. The molecule has 0 saturated carbocycles. The lowest BCUT2D eigenvalue weighted by Crippen LogP contribution is -2.05. The minimum Gasteiger partial charge on any atom is -0.374 e. The molecule has 0 aromatic heterocycles. The summed E-state index contributed by atoms with van der Waals surface area (Å²) in [6.07, 6.45) is 9.15. The fourth-order valence-corrected chi connectivity index (χ4v) is 1.26. The van der Waals surface area contributed by atoms with E-state index >= 15 is 0 Å². The van der Waals surface area contributed by atoms with E-state index in [9.17, 15) is 0 Å². The van der Waals surface area contributed by atoms with Crippen LogP contribution in [-0.4, -0.2) is 25.9 Å². The van der Waals surface area contributed by atoms with Gasteiger partial charge >= 0.3 is 0 Å². The van der Waals surface area contributed by atoms with Crippen LogP contribution in [0, 0.1) is 0 Å². The standard InChI is InChI=1S/C10H14O2/c1-2-4-9(5-3-1)6-11-7-10-8-12-10/h1-2,4,10H,3,5-8H2. The Morgan fingerprint density at radius 3 is 3.17 bits per heavy atom. The topological polar surface area (TPSA) is 21.8 Å². The molecule has 0 aromatic carbocycles. The molecule has 0 radical (unpaired) electrons. The predicted octanol–water partition coefficient (Wildman–Crippen LogP) is 1.68. The van der Waals surface area contributed by atoms with Gasteiger partial charge in [0.2, 0.25) is 0 Å². The molecule has 66 valence electrons. The van der Waals surface area contributed by atoms with Gasteiger partial charge in [0.05, 0.1) is 19.8 Å². The Hall–Kier alpha value is -0.600. The van der Waals surface area contributed by atoms with Crippen LogP contribution in [0.5, 0.6) is 0 Å². The van der Waals surface area contributed by atoms with Crippen molar-refractivity contribution in [2.24, 2.45) is 0 Å². The van der Waals surface area contributed by atoms with Crippen molar-refractivity contribution >= 4 is 0 Å². The second-order valence-corrected chi connectivity index (χ2v) is 3.26. The molecule has 1 fully saturated rings. The SMILES string of the molecule is C1=CCCC(COCC2CO2)=C1. The van der Waals surface area contributed by atoms with Gasteiger partial charge in [-0.25, -0.2) is 0 Å². The van der Waals surface area contributed by atoms with Gasteiger partial charge in [0, 0.05) is 0 Å². The summed E-state index contributed by atoms with van der Waals surface area (Å²) < 4.78 is 10.5. The lowest BCUT2D eigenvalue weighted by atomic mass is 10.1. The minimum absolute atomic E-state index is 0.393. The molecular formula is C10H14O2. The van der Waals surface area contributed by atoms with E-state index in [1.807, 2.05) is 0 Å². The third kappa shape index (κ3) is 2.47. The third-order valence-corrected chi connectivity index (χ3v) is 2.09. The molecule has 1 unspecified atom stereocenters. The van der Waals surface area contributed by atoms with E-state index in [0.29, 0.717) is 6.10 Å².